The Hall–Kier alpha value is -0.810. The molecular formula is C9H18N2O3. The van der Waals surface area contributed by atoms with E-state index >= 15 is 0 Å². The minimum atomic E-state index is -0.966. The van der Waals surface area contributed by atoms with Crippen LogP contribution in [0.5, 0.6) is 0 Å². The molecule has 5 nitrogen and oxygen atoms in total. The van der Waals surface area contributed by atoms with Gasteiger partial charge in [-0.05, 0) is 19.8 Å². The maximum absolute atomic E-state index is 11.3. The van der Waals surface area contributed by atoms with Crippen LogP contribution in [-0.4, -0.2) is 47.9 Å². The van der Waals surface area contributed by atoms with Crippen LogP contribution in [-0.2, 0) is 4.74 Å². The van der Waals surface area contributed by atoms with Gasteiger partial charge in [-0.1, -0.05) is 0 Å². The van der Waals surface area contributed by atoms with E-state index in [9.17, 15) is 9.90 Å². The van der Waals surface area contributed by atoms with E-state index in [1.807, 2.05) is 0 Å². The van der Waals surface area contributed by atoms with Crippen LogP contribution in [0.4, 0.5) is 4.79 Å². The molecule has 1 aliphatic heterocycles. The first-order valence-electron chi connectivity index (χ1n) is 4.82. The summed E-state index contributed by atoms with van der Waals surface area (Å²) in [7, 11) is 1.34. The van der Waals surface area contributed by atoms with Gasteiger partial charge in [-0.15, -0.1) is 0 Å². The van der Waals surface area contributed by atoms with Crippen molar-refractivity contribution in [1.82, 2.24) is 4.90 Å². The average molecular weight is 202 g/mol. The molecule has 1 amide bonds. The topological polar surface area (TPSA) is 75.8 Å². The number of hydrogen-bond acceptors (Lipinski definition) is 4. The van der Waals surface area contributed by atoms with Crippen LogP contribution in [0.1, 0.15) is 19.8 Å². The van der Waals surface area contributed by atoms with Crippen molar-refractivity contribution in [1.29, 1.82) is 0 Å². The number of carbonyl (C=O) groups excluding carboxylic acids is 1. The van der Waals surface area contributed by atoms with Crippen LogP contribution in [0.25, 0.3) is 0 Å². The van der Waals surface area contributed by atoms with Gasteiger partial charge in [-0.25, -0.2) is 4.79 Å². The molecule has 0 radical (unpaired) electrons. The number of ether oxygens (including phenoxy) is 1. The number of likely N-dealkylation sites (tertiary alicyclic amines) is 1. The molecule has 3 N–H and O–H groups in total. The summed E-state index contributed by atoms with van der Waals surface area (Å²) in [4.78, 5) is 12.9. The molecule has 0 aromatic carbocycles. The third kappa shape index (κ3) is 1.83. The molecule has 1 rings (SSSR count). The van der Waals surface area contributed by atoms with Gasteiger partial charge in [0.25, 0.3) is 0 Å². The van der Waals surface area contributed by atoms with Gasteiger partial charge in [0.05, 0.1) is 18.8 Å². The molecule has 82 valence electrons. The summed E-state index contributed by atoms with van der Waals surface area (Å²) >= 11 is 0. The number of piperidine rings is 1. The zero-order valence-corrected chi connectivity index (χ0v) is 8.69. The first kappa shape index (κ1) is 11.3. The standard InChI is InChI=1S/C9H18N2O3/c1-7-9(13,6-10)4-3-5-11(7)8(12)14-2/h7,13H,3-6,10H2,1-2H3. The summed E-state index contributed by atoms with van der Waals surface area (Å²) in [6, 6.07) is -0.284. The fraction of sp³-hybridized carbons (Fsp3) is 0.889. The SMILES string of the molecule is COC(=O)N1CCCC(O)(CN)C1C. The van der Waals surface area contributed by atoms with E-state index in [1.165, 1.54) is 12.0 Å². The molecule has 0 aromatic rings. The van der Waals surface area contributed by atoms with Gasteiger partial charge in [0.2, 0.25) is 0 Å². The number of aliphatic hydroxyl groups is 1. The Balaban J connectivity index is 2.75. The van der Waals surface area contributed by atoms with Crippen molar-refractivity contribution in [2.75, 3.05) is 20.2 Å². The smallest absolute Gasteiger partial charge is 0.409 e. The summed E-state index contributed by atoms with van der Waals surface area (Å²) in [5.74, 6) is 0. The number of amides is 1. The third-order valence-electron chi connectivity index (χ3n) is 3.02. The number of nitrogens with zero attached hydrogens (tertiary/aromatic N) is 1. The predicted octanol–water partition coefficient (Wildman–Crippen LogP) is -0.0731. The zero-order valence-electron chi connectivity index (χ0n) is 8.69. The van der Waals surface area contributed by atoms with E-state index in [0.717, 1.165) is 6.42 Å². The summed E-state index contributed by atoms with van der Waals surface area (Å²) < 4.78 is 4.63. The summed E-state index contributed by atoms with van der Waals surface area (Å²) in [5.41, 5.74) is 4.54. The lowest BCUT2D eigenvalue weighted by atomic mass is 9.86. The van der Waals surface area contributed by atoms with Crippen molar-refractivity contribution < 1.29 is 14.6 Å². The Morgan fingerprint density at radius 1 is 1.79 bits per heavy atom. The molecule has 1 heterocycles. The van der Waals surface area contributed by atoms with Crippen LogP contribution in [0, 0.1) is 0 Å². The Morgan fingerprint density at radius 2 is 2.43 bits per heavy atom. The zero-order chi connectivity index (χ0) is 10.8. The van der Waals surface area contributed by atoms with Gasteiger partial charge < -0.3 is 20.5 Å². The lowest BCUT2D eigenvalue weighted by Gasteiger charge is -2.43. The fourth-order valence-corrected chi connectivity index (χ4v) is 1.89. The van der Waals surface area contributed by atoms with E-state index in [-0.39, 0.29) is 12.6 Å². The molecule has 14 heavy (non-hydrogen) atoms. The van der Waals surface area contributed by atoms with Crippen molar-refractivity contribution in [3.63, 3.8) is 0 Å². The van der Waals surface area contributed by atoms with Crippen molar-refractivity contribution in [3.05, 3.63) is 0 Å². The molecule has 2 unspecified atom stereocenters. The minimum absolute atomic E-state index is 0.168. The first-order chi connectivity index (χ1) is 6.55. The molecule has 1 saturated heterocycles. The van der Waals surface area contributed by atoms with Gasteiger partial charge in [-0.3, -0.25) is 0 Å². The fourth-order valence-electron chi connectivity index (χ4n) is 1.89. The highest BCUT2D eigenvalue weighted by molar-refractivity contribution is 5.68. The van der Waals surface area contributed by atoms with Gasteiger partial charge in [0.15, 0.2) is 0 Å². The van der Waals surface area contributed by atoms with Crippen molar-refractivity contribution in [2.24, 2.45) is 5.73 Å². The number of nitrogens with two attached hydrogens (primary N) is 1. The number of rotatable bonds is 1. The minimum Gasteiger partial charge on any atom is -0.453 e. The van der Waals surface area contributed by atoms with E-state index in [0.29, 0.717) is 13.0 Å². The molecule has 0 aliphatic carbocycles. The number of hydrogen-bond donors (Lipinski definition) is 2. The molecule has 0 bridgehead atoms. The van der Waals surface area contributed by atoms with Crippen LogP contribution >= 0.6 is 0 Å². The second-order valence-electron chi connectivity index (χ2n) is 3.75. The van der Waals surface area contributed by atoms with Gasteiger partial charge in [0, 0.05) is 13.1 Å². The second kappa shape index (κ2) is 4.14. The highest BCUT2D eigenvalue weighted by atomic mass is 16.5. The summed E-state index contributed by atoms with van der Waals surface area (Å²) in [6.07, 6.45) is 0.995. The van der Waals surface area contributed by atoms with E-state index in [2.05, 4.69) is 4.74 Å². The van der Waals surface area contributed by atoms with E-state index in [1.54, 1.807) is 6.92 Å². The van der Waals surface area contributed by atoms with Crippen LogP contribution in [0.3, 0.4) is 0 Å². The summed E-state index contributed by atoms with van der Waals surface area (Å²) in [6.45, 7) is 2.58. The third-order valence-corrected chi connectivity index (χ3v) is 3.02. The number of carbonyl (C=O) groups is 1. The molecule has 0 spiro atoms. The predicted molar refractivity (Wildman–Crippen MR) is 51.8 cm³/mol. The highest BCUT2D eigenvalue weighted by Crippen LogP contribution is 2.27. The van der Waals surface area contributed by atoms with Crippen LogP contribution < -0.4 is 5.73 Å². The van der Waals surface area contributed by atoms with Crippen LogP contribution in [0.15, 0.2) is 0 Å². The van der Waals surface area contributed by atoms with Crippen molar-refractivity contribution in [2.45, 2.75) is 31.4 Å². The highest BCUT2D eigenvalue weighted by Gasteiger charge is 2.41. The quantitative estimate of drug-likeness (QED) is 0.624. The molecule has 2 atom stereocenters. The van der Waals surface area contributed by atoms with Crippen molar-refractivity contribution in [3.8, 4) is 0 Å². The first-order valence-corrected chi connectivity index (χ1v) is 4.82. The van der Waals surface area contributed by atoms with Gasteiger partial charge in [0.1, 0.15) is 0 Å². The Morgan fingerprint density at radius 3 is 2.93 bits per heavy atom. The van der Waals surface area contributed by atoms with Gasteiger partial charge >= 0.3 is 6.09 Å². The second-order valence-corrected chi connectivity index (χ2v) is 3.75. The van der Waals surface area contributed by atoms with Crippen molar-refractivity contribution >= 4 is 6.09 Å². The number of methoxy groups -OCH3 is 1. The summed E-state index contributed by atoms with van der Waals surface area (Å²) in [5, 5.41) is 10.1. The molecule has 0 aromatic heterocycles. The average Bonchev–Trinajstić information content (AvgIpc) is 2.21. The molecule has 1 fully saturated rings. The molecule has 0 saturated carbocycles. The maximum Gasteiger partial charge on any atom is 0.409 e. The Bertz CT molecular complexity index is 222. The van der Waals surface area contributed by atoms with Crippen LogP contribution in [0.2, 0.25) is 0 Å². The molecular weight excluding hydrogens is 184 g/mol. The maximum atomic E-state index is 11.3. The van der Waals surface area contributed by atoms with Gasteiger partial charge in [-0.2, -0.15) is 0 Å². The monoisotopic (exact) mass is 202 g/mol. The molecule has 1 aliphatic rings. The Labute approximate surface area is 83.8 Å². The van der Waals surface area contributed by atoms with E-state index < -0.39 is 11.7 Å². The molecule has 5 heteroatoms. The largest absolute Gasteiger partial charge is 0.453 e. The van der Waals surface area contributed by atoms with E-state index in [4.69, 9.17) is 5.73 Å². The lowest BCUT2D eigenvalue weighted by molar-refractivity contribution is -0.0601. The lowest BCUT2D eigenvalue weighted by Crippen LogP contribution is -2.60. The Kier molecular flexibility index (Phi) is 3.34. The normalized spacial score (nSPS) is 32.9.